The van der Waals surface area contributed by atoms with Gasteiger partial charge < -0.3 is 5.32 Å². The number of Topliss-reactive ketones (excluding diaryl/α,β-unsaturated/α-hetero) is 1. The number of rotatable bonds is 2. The topological polar surface area (TPSA) is 32.3 Å². The molecule has 2 heterocycles. The van der Waals surface area contributed by atoms with Crippen molar-refractivity contribution in [2.75, 3.05) is 19.3 Å². The zero-order chi connectivity index (χ0) is 10.1. The highest BCUT2D eigenvalue weighted by molar-refractivity contribution is 8.00. The highest BCUT2D eigenvalue weighted by atomic mass is 32.2. The Bertz CT molecular complexity index is 228. The summed E-state index contributed by atoms with van der Waals surface area (Å²) in [6.45, 7) is 2.68. The van der Waals surface area contributed by atoms with Crippen molar-refractivity contribution in [1.29, 1.82) is 0 Å². The van der Waals surface area contributed by atoms with Crippen LogP contribution in [0, 0.1) is 5.92 Å². The molecule has 0 saturated carbocycles. The van der Waals surface area contributed by atoms with E-state index in [4.69, 9.17) is 0 Å². The quantitative estimate of drug-likeness (QED) is 0.740. The molecule has 3 nitrogen and oxygen atoms in total. The Morgan fingerprint density at radius 3 is 2.93 bits per heavy atom. The van der Waals surface area contributed by atoms with Gasteiger partial charge in [0.25, 0.3) is 0 Å². The number of hydrogen-bond acceptors (Lipinski definition) is 4. The lowest BCUT2D eigenvalue weighted by Crippen LogP contribution is -2.49. The van der Waals surface area contributed by atoms with E-state index in [9.17, 15) is 4.79 Å². The van der Waals surface area contributed by atoms with Gasteiger partial charge in [-0.25, -0.2) is 0 Å². The van der Waals surface area contributed by atoms with Crippen LogP contribution in [-0.4, -0.2) is 41.6 Å². The second-order valence-corrected chi connectivity index (χ2v) is 5.38. The average molecular weight is 214 g/mol. The Labute approximate surface area is 89.6 Å². The molecule has 2 fully saturated rings. The number of fused-ring (bicyclic) bond motifs is 1. The van der Waals surface area contributed by atoms with Gasteiger partial charge in [0.05, 0.1) is 11.5 Å². The van der Waals surface area contributed by atoms with Crippen LogP contribution in [0.5, 0.6) is 0 Å². The predicted octanol–water partition coefficient (Wildman–Crippen LogP) is 0.906. The summed E-state index contributed by atoms with van der Waals surface area (Å²) < 4.78 is 0. The van der Waals surface area contributed by atoms with Gasteiger partial charge in [0.2, 0.25) is 0 Å². The Hall–Kier alpha value is -0.0600. The lowest BCUT2D eigenvalue weighted by atomic mass is 9.94. The standard InChI is InChI=1S/C10H18N2OS/c1-7(13)8-3-4-10-12(5-8)9(11-2)6-14-10/h8-11H,3-6H2,1-2H3. The molecule has 1 N–H and O–H groups in total. The lowest BCUT2D eigenvalue weighted by molar-refractivity contribution is -0.122. The van der Waals surface area contributed by atoms with Gasteiger partial charge in [-0.15, -0.1) is 11.8 Å². The van der Waals surface area contributed by atoms with Crippen LogP contribution < -0.4 is 5.32 Å². The number of nitrogens with zero attached hydrogens (tertiary/aromatic N) is 1. The van der Waals surface area contributed by atoms with Crippen LogP contribution in [0.15, 0.2) is 0 Å². The first-order chi connectivity index (χ1) is 6.72. The van der Waals surface area contributed by atoms with E-state index >= 15 is 0 Å². The SMILES string of the molecule is CNC1CSC2CCC(C(C)=O)CN12. The summed E-state index contributed by atoms with van der Waals surface area (Å²) in [5, 5.41) is 3.97. The molecule has 0 aromatic heterocycles. The zero-order valence-corrected chi connectivity index (χ0v) is 9.64. The van der Waals surface area contributed by atoms with Crippen LogP contribution in [0.2, 0.25) is 0 Å². The van der Waals surface area contributed by atoms with E-state index in [1.54, 1.807) is 6.92 Å². The number of carbonyl (C=O) groups excluding carboxylic acids is 1. The Kier molecular flexibility index (Phi) is 3.14. The number of ketones is 1. The normalized spacial score (nSPS) is 38.3. The summed E-state index contributed by atoms with van der Waals surface area (Å²) in [6, 6.07) is 0. The first kappa shape index (κ1) is 10.5. The highest BCUT2D eigenvalue weighted by Crippen LogP contribution is 2.36. The van der Waals surface area contributed by atoms with E-state index in [-0.39, 0.29) is 5.92 Å². The minimum atomic E-state index is 0.279. The van der Waals surface area contributed by atoms with E-state index in [0.29, 0.717) is 17.3 Å². The van der Waals surface area contributed by atoms with E-state index in [0.717, 1.165) is 18.7 Å². The molecule has 2 aliphatic rings. The van der Waals surface area contributed by atoms with Gasteiger partial charge in [-0.3, -0.25) is 9.69 Å². The summed E-state index contributed by atoms with van der Waals surface area (Å²) in [7, 11) is 2.00. The fraction of sp³-hybridized carbons (Fsp3) is 0.900. The molecule has 2 aliphatic heterocycles. The van der Waals surface area contributed by atoms with Crippen LogP contribution in [0.1, 0.15) is 19.8 Å². The molecule has 0 bridgehead atoms. The first-order valence-corrected chi connectivity index (χ1v) is 6.32. The molecular weight excluding hydrogens is 196 g/mol. The van der Waals surface area contributed by atoms with Gasteiger partial charge in [-0.2, -0.15) is 0 Å². The molecule has 0 amide bonds. The monoisotopic (exact) mass is 214 g/mol. The van der Waals surface area contributed by atoms with Crippen molar-refractivity contribution in [2.24, 2.45) is 5.92 Å². The van der Waals surface area contributed by atoms with Crippen molar-refractivity contribution in [3.63, 3.8) is 0 Å². The molecule has 0 spiro atoms. The lowest BCUT2D eigenvalue weighted by Gasteiger charge is -2.36. The van der Waals surface area contributed by atoms with Gasteiger partial charge in [-0.05, 0) is 26.8 Å². The maximum Gasteiger partial charge on any atom is 0.134 e. The number of hydrogen-bond donors (Lipinski definition) is 1. The van der Waals surface area contributed by atoms with E-state index in [2.05, 4.69) is 10.2 Å². The minimum absolute atomic E-state index is 0.279. The summed E-state index contributed by atoms with van der Waals surface area (Å²) in [5.41, 5.74) is 0. The third-order valence-electron chi connectivity index (χ3n) is 3.32. The number of thioether (sulfide) groups is 1. The third kappa shape index (κ3) is 1.83. The molecule has 0 aromatic carbocycles. The van der Waals surface area contributed by atoms with Crippen molar-refractivity contribution in [3.8, 4) is 0 Å². The van der Waals surface area contributed by atoms with Crippen LogP contribution in [0.4, 0.5) is 0 Å². The van der Waals surface area contributed by atoms with Crippen LogP contribution in [0.25, 0.3) is 0 Å². The van der Waals surface area contributed by atoms with Crippen molar-refractivity contribution < 1.29 is 4.79 Å². The Morgan fingerprint density at radius 1 is 1.50 bits per heavy atom. The first-order valence-electron chi connectivity index (χ1n) is 5.27. The second kappa shape index (κ2) is 4.21. The largest absolute Gasteiger partial charge is 0.304 e. The highest BCUT2D eigenvalue weighted by Gasteiger charge is 2.38. The molecule has 14 heavy (non-hydrogen) atoms. The fourth-order valence-corrected chi connectivity index (χ4v) is 3.85. The summed E-state index contributed by atoms with van der Waals surface area (Å²) in [6.07, 6.45) is 2.74. The van der Waals surface area contributed by atoms with E-state index in [1.807, 2.05) is 18.8 Å². The summed E-state index contributed by atoms with van der Waals surface area (Å²) >= 11 is 2.02. The Balaban J connectivity index is 2.01. The van der Waals surface area contributed by atoms with Crippen LogP contribution in [-0.2, 0) is 4.79 Å². The van der Waals surface area contributed by atoms with Crippen LogP contribution >= 0.6 is 11.8 Å². The summed E-state index contributed by atoms with van der Waals surface area (Å²) in [4.78, 5) is 13.8. The molecule has 3 unspecified atom stereocenters. The van der Waals surface area contributed by atoms with Gasteiger partial charge in [-0.1, -0.05) is 0 Å². The molecule has 2 saturated heterocycles. The fourth-order valence-electron chi connectivity index (χ4n) is 2.36. The second-order valence-electron chi connectivity index (χ2n) is 4.17. The zero-order valence-electron chi connectivity index (χ0n) is 8.82. The molecule has 0 radical (unpaired) electrons. The van der Waals surface area contributed by atoms with E-state index in [1.165, 1.54) is 6.42 Å². The number of nitrogens with one attached hydrogen (secondary N) is 1. The minimum Gasteiger partial charge on any atom is -0.304 e. The molecular formula is C10H18N2OS. The van der Waals surface area contributed by atoms with Crippen molar-refractivity contribution in [2.45, 2.75) is 31.3 Å². The van der Waals surface area contributed by atoms with Gasteiger partial charge in [0.15, 0.2) is 0 Å². The Morgan fingerprint density at radius 2 is 2.29 bits per heavy atom. The molecule has 4 heteroatoms. The van der Waals surface area contributed by atoms with Gasteiger partial charge in [0, 0.05) is 18.2 Å². The van der Waals surface area contributed by atoms with Crippen LogP contribution in [0.3, 0.4) is 0 Å². The predicted molar refractivity (Wildman–Crippen MR) is 59.2 cm³/mol. The molecule has 80 valence electrons. The van der Waals surface area contributed by atoms with Crippen molar-refractivity contribution >= 4 is 17.5 Å². The number of carbonyl (C=O) groups is 1. The summed E-state index contributed by atoms with van der Waals surface area (Å²) in [5.74, 6) is 1.79. The smallest absolute Gasteiger partial charge is 0.134 e. The maximum absolute atomic E-state index is 11.3. The van der Waals surface area contributed by atoms with E-state index < -0.39 is 0 Å². The molecule has 0 aromatic rings. The van der Waals surface area contributed by atoms with Gasteiger partial charge in [0.1, 0.15) is 5.78 Å². The van der Waals surface area contributed by atoms with Crippen molar-refractivity contribution in [3.05, 3.63) is 0 Å². The maximum atomic E-state index is 11.3. The van der Waals surface area contributed by atoms with Gasteiger partial charge >= 0.3 is 0 Å². The molecule has 0 aliphatic carbocycles. The average Bonchev–Trinajstić information content (AvgIpc) is 2.59. The molecule has 3 atom stereocenters. The van der Waals surface area contributed by atoms with Crippen molar-refractivity contribution in [1.82, 2.24) is 10.2 Å². The third-order valence-corrected chi connectivity index (χ3v) is 4.72. The molecule has 2 rings (SSSR count). The number of piperidine rings is 1.